The van der Waals surface area contributed by atoms with Gasteiger partial charge in [-0.3, -0.25) is 4.79 Å². The first-order chi connectivity index (χ1) is 15.7. The van der Waals surface area contributed by atoms with Gasteiger partial charge in [-0.1, -0.05) is 48.5 Å². The Balaban J connectivity index is 1.39. The number of para-hydroxylation sites is 2. The number of nitrogens with zero attached hydrogens (tertiary/aromatic N) is 1. The molecule has 0 bridgehead atoms. The predicted octanol–water partition coefficient (Wildman–Crippen LogP) is 4.61. The van der Waals surface area contributed by atoms with Crippen LogP contribution in [0.2, 0.25) is 0 Å². The summed E-state index contributed by atoms with van der Waals surface area (Å²) in [4.78, 5) is 20.3. The molecule has 2 N–H and O–H groups in total. The number of Topliss-reactive ketones (excluding diaryl/α,β-unsaturated/α-hetero) is 1. The van der Waals surface area contributed by atoms with Crippen molar-refractivity contribution in [3.8, 4) is 5.75 Å². The fourth-order valence-electron chi connectivity index (χ4n) is 4.22. The van der Waals surface area contributed by atoms with Crippen molar-refractivity contribution in [1.82, 2.24) is 4.98 Å². The molecular formula is C28H18N2O2. The summed E-state index contributed by atoms with van der Waals surface area (Å²) in [5.74, 6) is 0.220. The second kappa shape index (κ2) is 7.06. The summed E-state index contributed by atoms with van der Waals surface area (Å²) in [6, 6.07) is 27.3. The Hall–Kier alpha value is -4.44. The molecule has 1 aliphatic rings. The van der Waals surface area contributed by atoms with E-state index in [4.69, 9.17) is 0 Å². The number of carbonyl (C=O) groups excluding carboxylic acids is 1. The van der Waals surface area contributed by atoms with E-state index in [2.05, 4.69) is 22.1 Å². The summed E-state index contributed by atoms with van der Waals surface area (Å²) in [5, 5.41) is 15.4. The van der Waals surface area contributed by atoms with Gasteiger partial charge in [0.25, 0.3) is 0 Å². The molecule has 5 aromatic rings. The van der Waals surface area contributed by atoms with Gasteiger partial charge in [0.2, 0.25) is 5.78 Å². The monoisotopic (exact) mass is 414 g/mol. The smallest absolute Gasteiger partial charge is 0.213 e. The highest BCUT2D eigenvalue weighted by atomic mass is 16.3. The number of fused-ring (bicyclic) bond motifs is 3. The van der Waals surface area contributed by atoms with Crippen LogP contribution in [0.25, 0.3) is 33.8 Å². The molecule has 0 radical (unpaired) electrons. The van der Waals surface area contributed by atoms with Gasteiger partial charge in [-0.05, 0) is 69.8 Å². The van der Waals surface area contributed by atoms with Gasteiger partial charge >= 0.3 is 0 Å². The van der Waals surface area contributed by atoms with Crippen LogP contribution in [-0.4, -0.2) is 21.6 Å². The van der Waals surface area contributed by atoms with E-state index in [-0.39, 0.29) is 11.5 Å². The number of H-pyrrole nitrogens is 1. The molecule has 1 aromatic heterocycles. The molecule has 0 saturated heterocycles. The average molecular weight is 414 g/mol. The van der Waals surface area contributed by atoms with Crippen molar-refractivity contribution in [2.75, 3.05) is 0 Å². The Kier molecular flexibility index (Phi) is 4.05. The van der Waals surface area contributed by atoms with E-state index in [0.717, 1.165) is 37.8 Å². The van der Waals surface area contributed by atoms with Crippen molar-refractivity contribution in [3.05, 3.63) is 107 Å². The zero-order valence-corrected chi connectivity index (χ0v) is 17.0. The van der Waals surface area contributed by atoms with E-state index in [0.29, 0.717) is 17.0 Å². The van der Waals surface area contributed by atoms with Crippen LogP contribution in [0.15, 0.2) is 89.9 Å². The van der Waals surface area contributed by atoms with Crippen LogP contribution in [0.4, 0.5) is 5.69 Å². The quantitative estimate of drug-likeness (QED) is 0.443. The summed E-state index contributed by atoms with van der Waals surface area (Å²) < 4.78 is 0. The van der Waals surface area contributed by atoms with Crippen LogP contribution < -0.4 is 10.4 Å². The van der Waals surface area contributed by atoms with Crippen LogP contribution in [0, 0.1) is 0 Å². The number of hydrogen-bond acceptors (Lipinski definition) is 3. The summed E-state index contributed by atoms with van der Waals surface area (Å²) >= 11 is 0. The lowest BCUT2D eigenvalue weighted by Gasteiger charge is -1.99. The summed E-state index contributed by atoms with van der Waals surface area (Å²) in [6.45, 7) is 0. The third kappa shape index (κ3) is 3.01. The number of benzene rings is 4. The third-order valence-corrected chi connectivity index (χ3v) is 5.83. The Bertz CT molecular complexity index is 1710. The first-order valence-corrected chi connectivity index (χ1v) is 10.4. The predicted molar refractivity (Wildman–Crippen MR) is 129 cm³/mol. The molecule has 4 aromatic carbocycles. The molecule has 0 spiro atoms. The maximum absolute atomic E-state index is 12.6. The second-order valence-corrected chi connectivity index (χ2v) is 7.93. The normalized spacial score (nSPS) is 14.4. The van der Waals surface area contributed by atoms with Crippen LogP contribution in [-0.2, 0) is 0 Å². The first-order valence-electron chi connectivity index (χ1n) is 10.4. The number of aromatic amines is 1. The van der Waals surface area contributed by atoms with Gasteiger partial charge in [0.05, 0.1) is 11.4 Å². The molecule has 0 fully saturated rings. The molecule has 1 aliphatic heterocycles. The summed E-state index contributed by atoms with van der Waals surface area (Å²) in [5.41, 5.74) is 3.44. The molecule has 4 nitrogen and oxygen atoms in total. The Morgan fingerprint density at radius 3 is 2.22 bits per heavy atom. The third-order valence-electron chi connectivity index (χ3n) is 5.83. The largest absolute Gasteiger partial charge is 0.505 e. The molecule has 2 heterocycles. The van der Waals surface area contributed by atoms with E-state index < -0.39 is 0 Å². The number of aromatic hydroxyl groups is 1. The SMILES string of the molecule is O=C1C(C=c2ccc3cc(=Cc4[nH]c5ccccc5c4O)ccc3c2)=Nc2ccccc21. The molecule has 6 rings (SSSR count). The Morgan fingerprint density at radius 1 is 0.781 bits per heavy atom. The Labute approximate surface area is 183 Å². The number of hydrogen-bond donors (Lipinski definition) is 2. The van der Waals surface area contributed by atoms with Crippen molar-refractivity contribution < 1.29 is 9.90 Å². The van der Waals surface area contributed by atoms with Crippen LogP contribution >= 0.6 is 0 Å². The summed E-state index contributed by atoms with van der Waals surface area (Å²) in [7, 11) is 0. The number of carbonyl (C=O) groups is 1. The van der Waals surface area contributed by atoms with Gasteiger partial charge in [0.1, 0.15) is 11.5 Å². The van der Waals surface area contributed by atoms with Gasteiger partial charge in [-0.15, -0.1) is 0 Å². The highest BCUT2D eigenvalue weighted by Crippen LogP contribution is 2.29. The van der Waals surface area contributed by atoms with E-state index in [1.807, 2.05) is 84.9 Å². The highest BCUT2D eigenvalue weighted by Gasteiger charge is 2.21. The van der Waals surface area contributed by atoms with E-state index in [9.17, 15) is 9.90 Å². The van der Waals surface area contributed by atoms with Crippen LogP contribution in [0.5, 0.6) is 5.75 Å². The lowest BCUT2D eigenvalue weighted by atomic mass is 10.1. The maximum Gasteiger partial charge on any atom is 0.213 e. The average Bonchev–Trinajstić information content (AvgIpc) is 3.30. The molecule has 0 atom stereocenters. The van der Waals surface area contributed by atoms with Crippen molar-refractivity contribution in [2.24, 2.45) is 4.99 Å². The van der Waals surface area contributed by atoms with Crippen molar-refractivity contribution in [3.63, 3.8) is 0 Å². The van der Waals surface area contributed by atoms with E-state index >= 15 is 0 Å². The topological polar surface area (TPSA) is 65.5 Å². The molecule has 4 heteroatoms. The van der Waals surface area contributed by atoms with Gasteiger partial charge in [0.15, 0.2) is 0 Å². The fourth-order valence-corrected chi connectivity index (χ4v) is 4.22. The molecule has 0 amide bonds. The van der Waals surface area contributed by atoms with Gasteiger partial charge in [-0.25, -0.2) is 4.99 Å². The lowest BCUT2D eigenvalue weighted by molar-refractivity contribution is 0.107. The van der Waals surface area contributed by atoms with E-state index in [1.165, 1.54) is 0 Å². The van der Waals surface area contributed by atoms with Crippen molar-refractivity contribution >= 4 is 51.0 Å². The first kappa shape index (κ1) is 18.3. The molecular weight excluding hydrogens is 396 g/mol. The van der Waals surface area contributed by atoms with Gasteiger partial charge in [0, 0.05) is 16.5 Å². The van der Waals surface area contributed by atoms with E-state index in [1.54, 1.807) is 0 Å². The summed E-state index contributed by atoms with van der Waals surface area (Å²) in [6.07, 6.45) is 3.78. The van der Waals surface area contributed by atoms with Gasteiger partial charge in [-0.2, -0.15) is 0 Å². The zero-order chi connectivity index (χ0) is 21.7. The molecule has 152 valence electrons. The minimum Gasteiger partial charge on any atom is -0.505 e. The number of rotatable bonds is 2. The molecule has 0 unspecified atom stereocenters. The zero-order valence-electron chi connectivity index (χ0n) is 17.0. The molecule has 0 saturated carbocycles. The minimum absolute atomic E-state index is 0.0382. The van der Waals surface area contributed by atoms with Gasteiger partial charge < -0.3 is 10.1 Å². The maximum atomic E-state index is 12.6. The van der Waals surface area contributed by atoms with Crippen LogP contribution in [0.1, 0.15) is 16.1 Å². The fraction of sp³-hybridized carbons (Fsp3) is 0. The molecule has 0 aliphatic carbocycles. The lowest BCUT2D eigenvalue weighted by Crippen LogP contribution is -2.11. The Morgan fingerprint density at radius 2 is 1.47 bits per heavy atom. The van der Waals surface area contributed by atoms with Crippen molar-refractivity contribution in [2.45, 2.75) is 0 Å². The molecule has 32 heavy (non-hydrogen) atoms. The minimum atomic E-state index is -0.0382. The number of aliphatic imine (C=N–C) groups is 1. The standard InChI is InChI=1S/C28H18N2O2/c31-27-21-5-1-3-7-23(21)29-25(27)15-17-9-11-20-14-18(10-12-19(20)13-17)16-26-28(32)22-6-2-4-8-24(22)30-26/h1-16,29,31H. The van der Waals surface area contributed by atoms with Crippen LogP contribution in [0.3, 0.4) is 0 Å². The number of aromatic nitrogens is 1. The number of ketones is 1. The second-order valence-electron chi connectivity index (χ2n) is 7.93. The van der Waals surface area contributed by atoms with Crippen molar-refractivity contribution in [1.29, 1.82) is 0 Å². The highest BCUT2D eigenvalue weighted by molar-refractivity contribution is 6.58. The number of nitrogens with one attached hydrogen (secondary N) is 1.